The van der Waals surface area contributed by atoms with Gasteiger partial charge in [-0.05, 0) is 39.5 Å². The fraction of sp³-hybridized carbons (Fsp3) is 0.786. The molecule has 1 unspecified atom stereocenters. The Morgan fingerprint density at radius 3 is 2.76 bits per heavy atom. The molecule has 0 amide bonds. The van der Waals surface area contributed by atoms with Crippen molar-refractivity contribution in [3.63, 3.8) is 0 Å². The second kappa shape index (κ2) is 5.56. The van der Waals surface area contributed by atoms with E-state index in [1.807, 2.05) is 0 Å². The third kappa shape index (κ3) is 3.02. The third-order valence-electron chi connectivity index (χ3n) is 3.95. The lowest BCUT2D eigenvalue weighted by atomic mass is 9.85. The van der Waals surface area contributed by atoms with Gasteiger partial charge >= 0.3 is 0 Å². The molecule has 17 heavy (non-hydrogen) atoms. The first-order chi connectivity index (χ1) is 8.20. The van der Waals surface area contributed by atoms with Crippen LogP contribution in [0, 0.1) is 12.8 Å². The predicted octanol–water partition coefficient (Wildman–Crippen LogP) is 3.59. The summed E-state index contributed by atoms with van der Waals surface area (Å²) >= 11 is 0. The Bertz CT molecular complexity index is 350. The van der Waals surface area contributed by atoms with Gasteiger partial charge in [0.15, 0.2) is 0 Å². The van der Waals surface area contributed by atoms with Crippen molar-refractivity contribution in [2.75, 3.05) is 5.32 Å². The molecule has 0 radical (unpaired) electrons. The van der Waals surface area contributed by atoms with E-state index in [0.717, 1.165) is 24.1 Å². The van der Waals surface area contributed by atoms with Gasteiger partial charge in [0.1, 0.15) is 0 Å². The Labute approximate surface area is 105 Å². The molecular formula is C14H25N3. The van der Waals surface area contributed by atoms with E-state index in [1.54, 1.807) is 0 Å². The number of anilines is 1. The zero-order valence-corrected chi connectivity index (χ0v) is 11.4. The predicted molar refractivity (Wildman–Crippen MR) is 72.3 cm³/mol. The van der Waals surface area contributed by atoms with Crippen LogP contribution in [0.1, 0.15) is 51.6 Å². The Kier molecular flexibility index (Phi) is 4.08. The van der Waals surface area contributed by atoms with Crippen LogP contribution in [0.25, 0.3) is 0 Å². The van der Waals surface area contributed by atoms with Gasteiger partial charge in [-0.1, -0.05) is 19.3 Å². The van der Waals surface area contributed by atoms with Gasteiger partial charge in [-0.2, -0.15) is 0 Å². The van der Waals surface area contributed by atoms with E-state index in [-0.39, 0.29) is 0 Å². The molecule has 0 spiro atoms. The fourth-order valence-corrected chi connectivity index (χ4v) is 2.86. The van der Waals surface area contributed by atoms with Crippen LogP contribution in [0.4, 0.5) is 5.95 Å². The highest BCUT2D eigenvalue weighted by atomic mass is 15.2. The summed E-state index contributed by atoms with van der Waals surface area (Å²) in [7, 11) is 0. The van der Waals surface area contributed by atoms with Crippen molar-refractivity contribution in [2.45, 2.75) is 65.5 Å². The summed E-state index contributed by atoms with van der Waals surface area (Å²) in [6.45, 7) is 7.51. The van der Waals surface area contributed by atoms with Crippen LogP contribution in [-0.4, -0.2) is 15.6 Å². The fourth-order valence-electron chi connectivity index (χ4n) is 2.86. The van der Waals surface area contributed by atoms with Crippen LogP contribution >= 0.6 is 0 Å². The van der Waals surface area contributed by atoms with Gasteiger partial charge in [0.05, 0.1) is 5.69 Å². The first-order valence-electron chi connectivity index (χ1n) is 7.01. The Hall–Kier alpha value is -0.990. The van der Waals surface area contributed by atoms with Gasteiger partial charge < -0.3 is 9.88 Å². The van der Waals surface area contributed by atoms with E-state index < -0.39 is 0 Å². The largest absolute Gasteiger partial charge is 0.353 e. The topological polar surface area (TPSA) is 29.9 Å². The average Bonchev–Trinajstić information content (AvgIpc) is 2.70. The second-order valence-corrected chi connectivity index (χ2v) is 5.32. The number of nitrogens with one attached hydrogen (secondary N) is 1. The summed E-state index contributed by atoms with van der Waals surface area (Å²) in [5, 5.41) is 3.60. The molecule has 1 aliphatic rings. The highest BCUT2D eigenvalue weighted by molar-refractivity contribution is 5.30. The summed E-state index contributed by atoms with van der Waals surface area (Å²) in [4.78, 5) is 4.57. The molecule has 0 saturated heterocycles. The molecule has 1 heterocycles. The van der Waals surface area contributed by atoms with Crippen molar-refractivity contribution >= 4 is 5.95 Å². The van der Waals surface area contributed by atoms with Gasteiger partial charge in [-0.3, -0.25) is 0 Å². The second-order valence-electron chi connectivity index (χ2n) is 5.32. The molecule has 1 fully saturated rings. The molecule has 96 valence electrons. The molecule has 0 aliphatic heterocycles. The third-order valence-corrected chi connectivity index (χ3v) is 3.95. The van der Waals surface area contributed by atoms with Crippen molar-refractivity contribution in [1.29, 1.82) is 0 Å². The molecule has 1 aromatic rings. The monoisotopic (exact) mass is 235 g/mol. The van der Waals surface area contributed by atoms with Crippen molar-refractivity contribution < 1.29 is 0 Å². The lowest BCUT2D eigenvalue weighted by Gasteiger charge is -2.28. The summed E-state index contributed by atoms with van der Waals surface area (Å²) in [6, 6.07) is 0.544. The van der Waals surface area contributed by atoms with Crippen LogP contribution < -0.4 is 5.32 Å². The number of nitrogens with zero attached hydrogens (tertiary/aromatic N) is 2. The Morgan fingerprint density at radius 1 is 1.41 bits per heavy atom. The summed E-state index contributed by atoms with van der Waals surface area (Å²) in [5.41, 5.74) is 1.10. The number of aromatic nitrogens is 2. The molecule has 1 atom stereocenters. The molecule has 1 N–H and O–H groups in total. The first-order valence-corrected chi connectivity index (χ1v) is 7.01. The molecule has 1 aromatic heterocycles. The summed E-state index contributed by atoms with van der Waals surface area (Å²) in [6.07, 6.45) is 9.09. The number of hydrogen-bond donors (Lipinski definition) is 1. The number of imidazole rings is 1. The zero-order chi connectivity index (χ0) is 12.3. The van der Waals surface area contributed by atoms with E-state index in [2.05, 4.69) is 41.8 Å². The molecule has 3 heteroatoms. The van der Waals surface area contributed by atoms with Gasteiger partial charge in [0.25, 0.3) is 0 Å². The quantitative estimate of drug-likeness (QED) is 0.864. The van der Waals surface area contributed by atoms with Crippen LogP contribution in [-0.2, 0) is 6.54 Å². The first kappa shape index (κ1) is 12.5. The summed E-state index contributed by atoms with van der Waals surface area (Å²) in [5.74, 6) is 1.87. The standard InChI is InChI=1S/C14H25N3/c1-4-17-10-11(2)15-14(17)16-12(3)13-8-6-5-7-9-13/h10,12-13H,4-9H2,1-3H3,(H,15,16). The van der Waals surface area contributed by atoms with E-state index in [1.165, 1.54) is 32.1 Å². The molecule has 0 bridgehead atoms. The number of hydrogen-bond acceptors (Lipinski definition) is 2. The lowest BCUT2D eigenvalue weighted by molar-refractivity contribution is 0.327. The lowest BCUT2D eigenvalue weighted by Crippen LogP contribution is -2.29. The van der Waals surface area contributed by atoms with Crippen molar-refractivity contribution in [3.05, 3.63) is 11.9 Å². The van der Waals surface area contributed by atoms with Crippen molar-refractivity contribution in [3.8, 4) is 0 Å². The number of aryl methyl sites for hydroxylation is 2. The molecule has 1 saturated carbocycles. The van der Waals surface area contributed by atoms with Crippen LogP contribution in [0.15, 0.2) is 6.20 Å². The minimum Gasteiger partial charge on any atom is -0.353 e. The smallest absolute Gasteiger partial charge is 0.203 e. The maximum Gasteiger partial charge on any atom is 0.203 e. The Balaban J connectivity index is 1.98. The van der Waals surface area contributed by atoms with Gasteiger partial charge in [0, 0.05) is 18.8 Å². The average molecular weight is 235 g/mol. The molecule has 3 nitrogen and oxygen atoms in total. The minimum absolute atomic E-state index is 0.544. The van der Waals surface area contributed by atoms with Crippen molar-refractivity contribution in [1.82, 2.24) is 9.55 Å². The van der Waals surface area contributed by atoms with E-state index in [9.17, 15) is 0 Å². The van der Waals surface area contributed by atoms with Gasteiger partial charge in [-0.25, -0.2) is 4.98 Å². The molecule has 2 rings (SSSR count). The van der Waals surface area contributed by atoms with Crippen molar-refractivity contribution in [2.24, 2.45) is 5.92 Å². The van der Waals surface area contributed by atoms with E-state index >= 15 is 0 Å². The van der Waals surface area contributed by atoms with E-state index in [0.29, 0.717) is 6.04 Å². The summed E-state index contributed by atoms with van der Waals surface area (Å²) < 4.78 is 2.20. The Morgan fingerprint density at radius 2 is 2.12 bits per heavy atom. The maximum absolute atomic E-state index is 4.57. The minimum atomic E-state index is 0.544. The van der Waals surface area contributed by atoms with Gasteiger partial charge in [0.2, 0.25) is 5.95 Å². The number of rotatable bonds is 4. The molecular weight excluding hydrogens is 210 g/mol. The van der Waals surface area contributed by atoms with Gasteiger partial charge in [-0.15, -0.1) is 0 Å². The SMILES string of the molecule is CCn1cc(C)nc1NC(C)C1CCCCC1. The normalized spacial score (nSPS) is 19.2. The molecule has 0 aromatic carbocycles. The van der Waals surface area contributed by atoms with Crippen LogP contribution in [0.5, 0.6) is 0 Å². The highest BCUT2D eigenvalue weighted by Crippen LogP contribution is 2.27. The molecule has 1 aliphatic carbocycles. The van der Waals surface area contributed by atoms with Crippen LogP contribution in [0.2, 0.25) is 0 Å². The zero-order valence-electron chi connectivity index (χ0n) is 11.4. The highest BCUT2D eigenvalue weighted by Gasteiger charge is 2.21. The van der Waals surface area contributed by atoms with E-state index in [4.69, 9.17) is 0 Å². The maximum atomic E-state index is 4.57. The van der Waals surface area contributed by atoms with Crippen LogP contribution in [0.3, 0.4) is 0 Å².